The lowest BCUT2D eigenvalue weighted by Crippen LogP contribution is -2.55. The first-order valence-corrected chi connectivity index (χ1v) is 10.4. The fourth-order valence-electron chi connectivity index (χ4n) is 7.38. The van der Waals surface area contributed by atoms with Gasteiger partial charge in [-0.15, -0.1) is 0 Å². The number of ketones is 2. The van der Waals surface area contributed by atoms with E-state index in [-0.39, 0.29) is 41.0 Å². The second-order valence-electron chi connectivity index (χ2n) is 9.75. The van der Waals surface area contributed by atoms with Gasteiger partial charge in [0.25, 0.3) is 0 Å². The molecule has 4 nitrogen and oxygen atoms in total. The van der Waals surface area contributed by atoms with Crippen molar-refractivity contribution in [1.29, 1.82) is 0 Å². The number of aliphatic hydroxyl groups is 1. The van der Waals surface area contributed by atoms with Crippen molar-refractivity contribution in [1.82, 2.24) is 0 Å². The predicted molar refractivity (Wildman–Crippen MR) is 103 cm³/mol. The van der Waals surface area contributed by atoms with E-state index >= 15 is 0 Å². The summed E-state index contributed by atoms with van der Waals surface area (Å²) in [6.45, 7) is 6.12. The van der Waals surface area contributed by atoms with Crippen LogP contribution < -0.4 is 0 Å². The molecule has 1 N–H and O–H groups in total. The fraction of sp³-hybridized carbons (Fsp3) is 0.739. The normalized spacial score (nSPS) is 43.6. The number of hydrogen-bond donors (Lipinski definition) is 1. The Balaban J connectivity index is 1.81. The topological polar surface area (TPSA) is 63.6 Å². The van der Waals surface area contributed by atoms with E-state index in [9.17, 15) is 14.7 Å². The standard InChI is InChI=1S/C23H32O4/c1-13(25)17-5-6-18-16-9-14(12-24)19-10-15(27-4)7-8-22(19,2)21(16)20(26)11-23(17,18)3/h10,16-18,21,24H,5-9,11-12H2,1-4H3/t16-,17+,18-,21+,22-,23+/m0/s1. The van der Waals surface area contributed by atoms with E-state index in [1.54, 1.807) is 14.0 Å². The second kappa shape index (κ2) is 6.30. The number of aliphatic hydroxyl groups excluding tert-OH is 1. The van der Waals surface area contributed by atoms with E-state index in [2.05, 4.69) is 19.9 Å². The smallest absolute Gasteiger partial charge is 0.137 e. The minimum absolute atomic E-state index is 0.00115. The molecule has 0 bridgehead atoms. The minimum Gasteiger partial charge on any atom is -0.501 e. The number of carbonyl (C=O) groups is 2. The molecule has 6 atom stereocenters. The van der Waals surface area contributed by atoms with E-state index in [4.69, 9.17) is 4.74 Å². The summed E-state index contributed by atoms with van der Waals surface area (Å²) in [7, 11) is 1.69. The number of ether oxygens (including phenoxy) is 1. The third-order valence-electron chi connectivity index (χ3n) is 8.56. The van der Waals surface area contributed by atoms with Gasteiger partial charge in [-0.25, -0.2) is 0 Å². The molecule has 0 saturated heterocycles. The molecule has 4 rings (SSSR count). The van der Waals surface area contributed by atoms with Crippen molar-refractivity contribution in [2.24, 2.45) is 34.5 Å². The molecule has 0 aromatic heterocycles. The summed E-state index contributed by atoms with van der Waals surface area (Å²) in [5.41, 5.74) is 1.76. The monoisotopic (exact) mass is 372 g/mol. The zero-order valence-corrected chi connectivity index (χ0v) is 17.0. The summed E-state index contributed by atoms with van der Waals surface area (Å²) >= 11 is 0. The van der Waals surface area contributed by atoms with Gasteiger partial charge < -0.3 is 9.84 Å². The van der Waals surface area contributed by atoms with Crippen LogP contribution in [0.3, 0.4) is 0 Å². The van der Waals surface area contributed by atoms with Crippen LogP contribution in [-0.4, -0.2) is 30.4 Å². The zero-order chi connectivity index (χ0) is 19.6. The molecule has 4 aliphatic carbocycles. The number of allylic oxidation sites excluding steroid dienone is 3. The highest BCUT2D eigenvalue weighted by Gasteiger charge is 2.62. The van der Waals surface area contributed by atoms with E-state index < -0.39 is 0 Å². The van der Waals surface area contributed by atoms with Gasteiger partial charge in [0.05, 0.1) is 19.5 Å². The molecule has 0 radical (unpaired) electrons. The van der Waals surface area contributed by atoms with Crippen LogP contribution in [0.5, 0.6) is 0 Å². The van der Waals surface area contributed by atoms with Gasteiger partial charge in [0.15, 0.2) is 0 Å². The highest BCUT2D eigenvalue weighted by atomic mass is 16.5. The van der Waals surface area contributed by atoms with Gasteiger partial charge in [-0.05, 0) is 67.1 Å². The lowest BCUT2D eigenvalue weighted by Gasteiger charge is -2.56. The Kier molecular flexibility index (Phi) is 4.41. The van der Waals surface area contributed by atoms with Crippen molar-refractivity contribution in [3.63, 3.8) is 0 Å². The fourth-order valence-corrected chi connectivity index (χ4v) is 7.38. The molecule has 0 aromatic rings. The SMILES string of the molecule is COC1=CC2=C(CO)C[C@H]3[C@@H]4CC[C@H](C(C)=O)[C@@]4(C)CC(=O)[C@@H]3[C@@]2(C)CC1. The largest absolute Gasteiger partial charge is 0.501 e. The van der Waals surface area contributed by atoms with Crippen molar-refractivity contribution in [3.8, 4) is 0 Å². The summed E-state index contributed by atoms with van der Waals surface area (Å²) < 4.78 is 5.49. The van der Waals surface area contributed by atoms with Gasteiger partial charge in [0, 0.05) is 30.1 Å². The Labute approximate surface area is 162 Å². The summed E-state index contributed by atoms with van der Waals surface area (Å²) in [5.74, 6) is 2.15. The summed E-state index contributed by atoms with van der Waals surface area (Å²) in [6.07, 6.45) is 7.04. The zero-order valence-electron chi connectivity index (χ0n) is 17.0. The Bertz CT molecular complexity index is 747. The Hall–Kier alpha value is -1.42. The minimum atomic E-state index is -0.226. The number of rotatable bonds is 3. The maximum atomic E-state index is 13.5. The van der Waals surface area contributed by atoms with Gasteiger partial charge >= 0.3 is 0 Å². The molecule has 27 heavy (non-hydrogen) atoms. The number of methoxy groups -OCH3 is 1. The van der Waals surface area contributed by atoms with E-state index in [1.807, 2.05) is 0 Å². The molecule has 0 unspecified atom stereocenters. The van der Waals surface area contributed by atoms with Crippen LogP contribution in [0.15, 0.2) is 23.0 Å². The number of carbonyl (C=O) groups excluding carboxylic acids is 2. The molecular formula is C23H32O4. The molecule has 0 spiro atoms. The van der Waals surface area contributed by atoms with E-state index in [1.165, 1.54) is 0 Å². The van der Waals surface area contributed by atoms with E-state index in [0.717, 1.165) is 49.0 Å². The number of Topliss-reactive ketones (excluding diaryl/α,β-unsaturated/α-hetero) is 2. The van der Waals surface area contributed by atoms with Crippen molar-refractivity contribution < 1.29 is 19.4 Å². The van der Waals surface area contributed by atoms with Gasteiger partial charge in [-0.1, -0.05) is 13.8 Å². The lowest BCUT2D eigenvalue weighted by atomic mass is 9.46. The van der Waals surface area contributed by atoms with Crippen molar-refractivity contribution >= 4 is 11.6 Å². The van der Waals surface area contributed by atoms with Crippen molar-refractivity contribution in [3.05, 3.63) is 23.0 Å². The van der Waals surface area contributed by atoms with Gasteiger partial charge in [0.2, 0.25) is 0 Å². The quantitative estimate of drug-likeness (QED) is 0.818. The molecule has 4 heteroatoms. The first-order chi connectivity index (χ1) is 12.8. The number of hydrogen-bond acceptors (Lipinski definition) is 4. The second-order valence-corrected chi connectivity index (χ2v) is 9.75. The molecule has 2 fully saturated rings. The molecule has 0 amide bonds. The third kappa shape index (κ3) is 2.52. The highest BCUT2D eigenvalue weighted by Crippen LogP contribution is 2.65. The number of fused-ring (bicyclic) bond motifs is 5. The third-order valence-corrected chi connectivity index (χ3v) is 8.56. The Morgan fingerprint density at radius 2 is 2.07 bits per heavy atom. The van der Waals surface area contributed by atoms with Crippen LogP contribution in [0.4, 0.5) is 0 Å². The summed E-state index contributed by atoms with van der Waals surface area (Å²) in [4.78, 5) is 25.8. The van der Waals surface area contributed by atoms with E-state index in [0.29, 0.717) is 18.1 Å². The molecule has 2 saturated carbocycles. The van der Waals surface area contributed by atoms with Crippen LogP contribution in [0.25, 0.3) is 0 Å². The van der Waals surface area contributed by atoms with Crippen LogP contribution in [0, 0.1) is 34.5 Å². The Morgan fingerprint density at radius 1 is 1.33 bits per heavy atom. The maximum absolute atomic E-state index is 13.5. The molecular weight excluding hydrogens is 340 g/mol. The first-order valence-electron chi connectivity index (χ1n) is 10.4. The van der Waals surface area contributed by atoms with Crippen LogP contribution in [0.2, 0.25) is 0 Å². The van der Waals surface area contributed by atoms with Gasteiger partial charge in [-0.2, -0.15) is 0 Å². The maximum Gasteiger partial charge on any atom is 0.137 e. The highest BCUT2D eigenvalue weighted by molar-refractivity contribution is 5.87. The predicted octanol–water partition coefficient (Wildman–Crippen LogP) is 3.84. The average Bonchev–Trinajstić information content (AvgIpc) is 2.96. The van der Waals surface area contributed by atoms with Crippen molar-refractivity contribution in [2.75, 3.05) is 13.7 Å². The molecule has 0 aromatic carbocycles. The molecule has 0 heterocycles. The molecule has 148 valence electrons. The van der Waals surface area contributed by atoms with Crippen LogP contribution in [-0.2, 0) is 14.3 Å². The van der Waals surface area contributed by atoms with Crippen LogP contribution >= 0.6 is 0 Å². The lowest BCUT2D eigenvalue weighted by molar-refractivity contribution is -0.145. The Morgan fingerprint density at radius 3 is 2.70 bits per heavy atom. The van der Waals surface area contributed by atoms with Crippen molar-refractivity contribution in [2.45, 2.75) is 59.3 Å². The van der Waals surface area contributed by atoms with Gasteiger partial charge in [0.1, 0.15) is 11.6 Å². The van der Waals surface area contributed by atoms with Gasteiger partial charge in [-0.3, -0.25) is 9.59 Å². The summed E-state index contributed by atoms with van der Waals surface area (Å²) in [5, 5.41) is 10.1. The average molecular weight is 373 g/mol. The molecule has 4 aliphatic rings. The first kappa shape index (κ1) is 18.9. The summed E-state index contributed by atoms with van der Waals surface area (Å²) in [6, 6.07) is 0. The molecule has 0 aliphatic heterocycles. The van der Waals surface area contributed by atoms with Crippen LogP contribution in [0.1, 0.15) is 59.3 Å².